The van der Waals surface area contributed by atoms with Crippen molar-refractivity contribution in [1.82, 2.24) is 15.0 Å². The fourth-order valence-corrected chi connectivity index (χ4v) is 8.54. The first-order valence-electron chi connectivity index (χ1n) is 17.6. The highest BCUT2D eigenvalue weighted by Crippen LogP contribution is 2.59. The van der Waals surface area contributed by atoms with E-state index >= 15 is 0 Å². The first-order chi connectivity index (χ1) is 25.8. The number of benzene rings is 6. The molecule has 242 valence electrons. The fourth-order valence-electron chi connectivity index (χ4n) is 8.54. The van der Waals surface area contributed by atoms with Crippen molar-refractivity contribution >= 4 is 34.1 Å². The molecule has 0 saturated carbocycles. The smallest absolute Gasteiger partial charge is 0.160 e. The largest absolute Gasteiger partial charge is 0.456 e. The van der Waals surface area contributed by atoms with Crippen molar-refractivity contribution in [2.75, 3.05) is 0 Å². The highest BCUT2D eigenvalue weighted by molar-refractivity contribution is 6.08. The Bertz CT molecular complexity index is 2850. The van der Waals surface area contributed by atoms with Crippen molar-refractivity contribution in [2.45, 2.75) is 5.41 Å². The van der Waals surface area contributed by atoms with Crippen molar-refractivity contribution in [2.24, 2.45) is 0 Å². The molecule has 1 unspecified atom stereocenters. The van der Waals surface area contributed by atoms with Gasteiger partial charge in [0.1, 0.15) is 11.2 Å². The van der Waals surface area contributed by atoms with Crippen LogP contribution in [0.1, 0.15) is 33.4 Å². The maximum atomic E-state index is 6.47. The first-order valence-corrected chi connectivity index (χ1v) is 17.6. The summed E-state index contributed by atoms with van der Waals surface area (Å²) in [4.78, 5) is 14.8. The summed E-state index contributed by atoms with van der Waals surface area (Å²) >= 11 is 0. The third-order valence-corrected chi connectivity index (χ3v) is 10.8. The Kier molecular flexibility index (Phi) is 6.13. The van der Waals surface area contributed by atoms with E-state index in [0.717, 1.165) is 55.6 Å². The van der Waals surface area contributed by atoms with Crippen LogP contribution in [0.5, 0.6) is 0 Å². The summed E-state index contributed by atoms with van der Waals surface area (Å²) < 4.78 is 6.47. The minimum absolute atomic E-state index is 0.618. The van der Waals surface area contributed by atoms with Gasteiger partial charge in [-0.05, 0) is 87.0 Å². The van der Waals surface area contributed by atoms with Crippen LogP contribution in [0.2, 0.25) is 0 Å². The van der Waals surface area contributed by atoms with Crippen LogP contribution in [0.3, 0.4) is 0 Å². The Hall–Kier alpha value is -6.91. The highest BCUT2D eigenvalue weighted by Gasteiger charge is 2.49. The van der Waals surface area contributed by atoms with Gasteiger partial charge < -0.3 is 4.42 Å². The number of furan rings is 1. The molecule has 0 fully saturated rings. The molecule has 2 aliphatic rings. The van der Waals surface area contributed by atoms with E-state index in [1.165, 1.54) is 38.9 Å². The van der Waals surface area contributed by atoms with E-state index in [-0.39, 0.29) is 0 Å². The van der Waals surface area contributed by atoms with Crippen molar-refractivity contribution in [3.8, 4) is 45.0 Å². The van der Waals surface area contributed by atoms with Gasteiger partial charge in [0, 0.05) is 39.9 Å². The van der Waals surface area contributed by atoms with Crippen molar-refractivity contribution < 1.29 is 4.42 Å². The van der Waals surface area contributed by atoms with Crippen LogP contribution in [0.25, 0.3) is 79.1 Å². The second-order valence-corrected chi connectivity index (χ2v) is 13.6. The van der Waals surface area contributed by atoms with E-state index in [0.29, 0.717) is 5.82 Å². The molecule has 3 aromatic heterocycles. The molecule has 0 amide bonds. The zero-order chi connectivity index (χ0) is 34.2. The summed E-state index contributed by atoms with van der Waals surface area (Å²) in [5, 5.41) is 2.24. The van der Waals surface area contributed by atoms with Gasteiger partial charge in [0.05, 0.1) is 16.8 Å². The first kappa shape index (κ1) is 28.9. The van der Waals surface area contributed by atoms with E-state index in [2.05, 4.69) is 132 Å². The molecule has 0 aliphatic heterocycles. The van der Waals surface area contributed by atoms with Gasteiger partial charge in [-0.25, -0.2) is 9.97 Å². The molecule has 11 rings (SSSR count). The Morgan fingerprint density at radius 1 is 0.442 bits per heavy atom. The molecule has 0 bridgehead atoms. The number of rotatable bonds is 3. The molecule has 0 N–H and O–H groups in total. The molecule has 0 radical (unpaired) electrons. The molecule has 3 heterocycles. The second kappa shape index (κ2) is 11.0. The van der Waals surface area contributed by atoms with Crippen LogP contribution in [-0.2, 0) is 5.41 Å². The lowest BCUT2D eigenvalue weighted by Gasteiger charge is -2.35. The van der Waals surface area contributed by atoms with Crippen LogP contribution in [0, 0.1) is 0 Å². The van der Waals surface area contributed by atoms with Gasteiger partial charge >= 0.3 is 0 Å². The van der Waals surface area contributed by atoms with Gasteiger partial charge in [-0.2, -0.15) is 0 Å². The third kappa shape index (κ3) is 4.12. The fraction of sp³-hybridized carbons (Fsp3) is 0.0208. The normalized spacial score (nSPS) is 15.3. The maximum Gasteiger partial charge on any atom is 0.160 e. The highest BCUT2D eigenvalue weighted by atomic mass is 16.3. The molecule has 4 heteroatoms. The molecule has 4 nitrogen and oxygen atoms in total. The molecular formula is C48H29N3O. The zero-order valence-corrected chi connectivity index (χ0v) is 28.0. The third-order valence-electron chi connectivity index (χ3n) is 10.8. The SMILES string of the molecule is C1=Cc2ccc(-c3nc(-c4ccccc4)cc(-c4cccnc4)n3)cc2C2(c3ccccc31)c1ccccc1-c1cc3oc4ccccc4c3cc12. The van der Waals surface area contributed by atoms with Crippen molar-refractivity contribution in [1.29, 1.82) is 0 Å². The van der Waals surface area contributed by atoms with Crippen LogP contribution >= 0.6 is 0 Å². The number of para-hydroxylation sites is 1. The van der Waals surface area contributed by atoms with Crippen LogP contribution in [0.4, 0.5) is 0 Å². The average molecular weight is 664 g/mol. The minimum Gasteiger partial charge on any atom is -0.456 e. The monoisotopic (exact) mass is 663 g/mol. The van der Waals surface area contributed by atoms with E-state index in [4.69, 9.17) is 14.4 Å². The zero-order valence-electron chi connectivity index (χ0n) is 28.0. The summed E-state index contributed by atoms with van der Waals surface area (Å²) in [5.74, 6) is 0.669. The van der Waals surface area contributed by atoms with E-state index in [1.807, 2.05) is 42.6 Å². The molecule has 52 heavy (non-hydrogen) atoms. The summed E-state index contributed by atoms with van der Waals surface area (Å²) in [6, 6.07) is 53.8. The molecule has 1 spiro atoms. The Balaban J connectivity index is 1.23. The summed E-state index contributed by atoms with van der Waals surface area (Å²) in [6.45, 7) is 0. The van der Waals surface area contributed by atoms with Gasteiger partial charge in [0.15, 0.2) is 5.82 Å². The van der Waals surface area contributed by atoms with Gasteiger partial charge in [-0.15, -0.1) is 0 Å². The number of hydrogen-bond donors (Lipinski definition) is 0. The van der Waals surface area contributed by atoms with Gasteiger partial charge in [-0.1, -0.05) is 121 Å². The Morgan fingerprint density at radius 2 is 1.17 bits per heavy atom. The average Bonchev–Trinajstić information content (AvgIpc) is 3.67. The number of nitrogens with zero attached hydrogens (tertiary/aromatic N) is 3. The number of aromatic nitrogens is 3. The Morgan fingerprint density at radius 3 is 2.04 bits per heavy atom. The topological polar surface area (TPSA) is 51.8 Å². The lowest BCUT2D eigenvalue weighted by molar-refractivity contribution is 0.668. The molecule has 2 aliphatic carbocycles. The van der Waals surface area contributed by atoms with Crippen molar-refractivity contribution in [3.63, 3.8) is 0 Å². The molecule has 9 aromatic rings. The summed E-state index contributed by atoms with van der Waals surface area (Å²) in [5.41, 5.74) is 15.5. The maximum absolute atomic E-state index is 6.47. The molecular weight excluding hydrogens is 635 g/mol. The number of fused-ring (bicyclic) bond motifs is 12. The summed E-state index contributed by atoms with van der Waals surface area (Å²) in [7, 11) is 0. The van der Waals surface area contributed by atoms with Crippen LogP contribution < -0.4 is 0 Å². The minimum atomic E-state index is -0.618. The van der Waals surface area contributed by atoms with Crippen LogP contribution in [0.15, 0.2) is 168 Å². The quantitative estimate of drug-likeness (QED) is 0.189. The van der Waals surface area contributed by atoms with Crippen LogP contribution in [-0.4, -0.2) is 15.0 Å². The van der Waals surface area contributed by atoms with Gasteiger partial charge in [-0.3, -0.25) is 4.98 Å². The number of pyridine rings is 1. The van der Waals surface area contributed by atoms with E-state index < -0.39 is 5.41 Å². The lowest BCUT2D eigenvalue weighted by Crippen LogP contribution is -2.30. The number of hydrogen-bond acceptors (Lipinski definition) is 4. The second-order valence-electron chi connectivity index (χ2n) is 13.6. The predicted octanol–water partition coefficient (Wildman–Crippen LogP) is 11.6. The predicted molar refractivity (Wildman–Crippen MR) is 210 cm³/mol. The Labute approximate surface area is 300 Å². The summed E-state index contributed by atoms with van der Waals surface area (Å²) in [6.07, 6.45) is 8.18. The van der Waals surface area contributed by atoms with Gasteiger partial charge in [0.2, 0.25) is 0 Å². The van der Waals surface area contributed by atoms with Crippen molar-refractivity contribution in [3.05, 3.63) is 197 Å². The van der Waals surface area contributed by atoms with Gasteiger partial charge in [0.25, 0.3) is 0 Å². The van der Waals surface area contributed by atoms with E-state index in [9.17, 15) is 0 Å². The lowest BCUT2D eigenvalue weighted by atomic mass is 9.65. The molecule has 6 aromatic carbocycles. The standard InChI is InChI=1S/C48H29N3O/c1-2-12-32(13-3-1)43-28-44(34-14-10-24-49-29-34)51-47(50-43)33-23-22-31-21-20-30-11-4-7-17-39(30)48(41(31)25-33)40-18-8-5-15-35(40)37-27-46-38(26-42(37)48)36-16-6-9-19-45(36)52-46/h1-29H. The molecule has 0 saturated heterocycles. The van der Waals surface area contributed by atoms with E-state index in [1.54, 1.807) is 6.20 Å². The molecule has 1 atom stereocenters.